The molecule has 2 N–H and O–H groups in total. The summed E-state index contributed by atoms with van der Waals surface area (Å²) in [5.41, 5.74) is -0.467. The summed E-state index contributed by atoms with van der Waals surface area (Å²) in [6.45, 7) is 3.77. The highest BCUT2D eigenvalue weighted by atomic mass is 16.4. The van der Waals surface area contributed by atoms with Gasteiger partial charge in [0.25, 0.3) is 0 Å². The molecule has 1 aliphatic rings. The van der Waals surface area contributed by atoms with Crippen molar-refractivity contribution in [3.63, 3.8) is 0 Å². The molecule has 1 unspecified atom stereocenters. The van der Waals surface area contributed by atoms with Crippen molar-refractivity contribution in [1.29, 1.82) is 0 Å². The molecule has 0 saturated carbocycles. The Morgan fingerprint density at radius 1 is 0.780 bits per heavy atom. The van der Waals surface area contributed by atoms with E-state index in [1.165, 1.54) is 9.80 Å². The van der Waals surface area contributed by atoms with Crippen LogP contribution in [0.2, 0.25) is 0 Å². The Kier molecular flexibility index (Phi) is 13.3. The van der Waals surface area contributed by atoms with E-state index >= 15 is 0 Å². The molecule has 230 valence electrons. The number of hydrogen-bond acceptors (Lipinski definition) is 14. The number of carboxylic acids is 4. The van der Waals surface area contributed by atoms with Crippen molar-refractivity contribution in [2.45, 2.75) is 38.6 Å². The first kappa shape index (κ1) is 33.8. The molecule has 41 heavy (non-hydrogen) atoms. The normalized spacial score (nSPS) is 18.0. The van der Waals surface area contributed by atoms with Crippen molar-refractivity contribution in [2.24, 2.45) is 0 Å². The summed E-state index contributed by atoms with van der Waals surface area (Å²) in [6, 6.07) is -1.10. The summed E-state index contributed by atoms with van der Waals surface area (Å²) < 4.78 is 0. The fourth-order valence-electron chi connectivity index (χ4n) is 4.99. The second-order valence-corrected chi connectivity index (χ2v) is 10.5. The van der Waals surface area contributed by atoms with E-state index in [0.29, 0.717) is 12.0 Å². The first-order valence-electron chi connectivity index (χ1n) is 13.6. The van der Waals surface area contributed by atoms with E-state index in [9.17, 15) is 49.2 Å². The standard InChI is InChI=1S/C26H41N5O10/c1-17(2)22-23(25(39)24(22)38)27-5-3-4-18(26(40)41)31-12-10-29(15-20(34)35)8-6-28(14-19(32)33)7-9-30(11-13-31)16-21(36)37/h17-18,27H,3-16H2,1-2H3,(H,32,33)(H,34,35)(H,36,37)(H,40,41)/p-3. The SMILES string of the molecule is CC(C)c1c(NCCCC(C(=O)[O-])N2CCN(CC(=O)[O-])CCN(CC(=O)O)CCN(CC(=O)[O-])CC2)c(=O)c1=O. The van der Waals surface area contributed by atoms with Gasteiger partial charge in [0.1, 0.15) is 0 Å². The molecule has 1 aliphatic heterocycles. The molecule has 1 saturated heterocycles. The van der Waals surface area contributed by atoms with Crippen LogP contribution in [0.25, 0.3) is 0 Å². The summed E-state index contributed by atoms with van der Waals surface area (Å²) in [6.07, 6.45) is 0.413. The van der Waals surface area contributed by atoms with Crippen LogP contribution >= 0.6 is 0 Å². The number of nitrogens with zero attached hydrogens (tertiary/aromatic N) is 4. The fourth-order valence-corrected chi connectivity index (χ4v) is 4.99. The van der Waals surface area contributed by atoms with Crippen LogP contribution in [0, 0.1) is 0 Å². The van der Waals surface area contributed by atoms with E-state index in [0.717, 1.165) is 0 Å². The summed E-state index contributed by atoms with van der Waals surface area (Å²) in [7, 11) is 0. The van der Waals surface area contributed by atoms with Crippen molar-refractivity contribution in [3.8, 4) is 0 Å². The second-order valence-electron chi connectivity index (χ2n) is 10.5. The number of rotatable bonds is 14. The lowest BCUT2D eigenvalue weighted by atomic mass is 9.96. The third-order valence-electron chi connectivity index (χ3n) is 7.13. The average Bonchev–Trinajstić information content (AvgIpc) is 2.86. The van der Waals surface area contributed by atoms with Crippen LogP contribution in [-0.4, -0.2) is 133 Å². The predicted octanol–water partition coefficient (Wildman–Crippen LogP) is -5.48. The van der Waals surface area contributed by atoms with Crippen molar-refractivity contribution >= 4 is 29.6 Å². The lowest BCUT2D eigenvalue weighted by Crippen LogP contribution is -2.55. The number of carboxylic acid groups (broad SMARTS) is 4. The lowest BCUT2D eigenvalue weighted by Gasteiger charge is -2.37. The van der Waals surface area contributed by atoms with Gasteiger partial charge in [-0.05, 0) is 18.8 Å². The molecule has 2 rings (SSSR count). The molecular weight excluding hydrogens is 542 g/mol. The molecule has 15 heteroatoms. The van der Waals surface area contributed by atoms with Crippen molar-refractivity contribution in [3.05, 3.63) is 26.0 Å². The Hall–Kier alpha value is -3.40. The highest BCUT2D eigenvalue weighted by molar-refractivity contribution is 5.71. The van der Waals surface area contributed by atoms with Gasteiger partial charge >= 0.3 is 5.97 Å². The molecule has 0 radical (unpaired) electrons. The minimum absolute atomic E-state index is 0.104. The van der Waals surface area contributed by atoms with Crippen LogP contribution in [0.3, 0.4) is 0 Å². The summed E-state index contributed by atoms with van der Waals surface area (Å²) in [5, 5.41) is 47.0. The van der Waals surface area contributed by atoms with Gasteiger partial charge in [-0.25, -0.2) is 0 Å². The third kappa shape index (κ3) is 10.8. The van der Waals surface area contributed by atoms with E-state index in [1.54, 1.807) is 23.6 Å². The average molecular weight is 581 g/mol. The maximum absolute atomic E-state index is 12.2. The van der Waals surface area contributed by atoms with Crippen LogP contribution in [0.15, 0.2) is 9.59 Å². The molecular formula is C26H38N5O10-3. The first-order valence-corrected chi connectivity index (χ1v) is 13.6. The monoisotopic (exact) mass is 580 g/mol. The van der Waals surface area contributed by atoms with Gasteiger partial charge in [0.2, 0.25) is 10.9 Å². The van der Waals surface area contributed by atoms with Crippen molar-refractivity contribution < 1.29 is 39.6 Å². The number of nitrogens with one attached hydrogen (secondary N) is 1. The minimum Gasteiger partial charge on any atom is -0.549 e. The quantitative estimate of drug-likeness (QED) is 0.155. The van der Waals surface area contributed by atoms with Crippen LogP contribution < -0.4 is 31.5 Å². The Labute approximate surface area is 237 Å². The Morgan fingerprint density at radius 2 is 1.24 bits per heavy atom. The molecule has 0 aromatic heterocycles. The Balaban J connectivity index is 2.16. The van der Waals surface area contributed by atoms with Crippen molar-refractivity contribution in [2.75, 3.05) is 83.9 Å². The van der Waals surface area contributed by atoms with Crippen molar-refractivity contribution in [1.82, 2.24) is 19.6 Å². The number of carbonyl (C=O) groups excluding carboxylic acids is 3. The molecule has 0 bridgehead atoms. The number of hydrogen-bond donors (Lipinski definition) is 2. The molecule has 0 spiro atoms. The van der Waals surface area contributed by atoms with E-state index in [1.807, 2.05) is 0 Å². The van der Waals surface area contributed by atoms with E-state index in [2.05, 4.69) is 5.32 Å². The molecule has 1 heterocycles. The Bertz CT molecular complexity index is 1100. The molecule has 1 aromatic carbocycles. The van der Waals surface area contributed by atoms with Gasteiger partial charge < -0.3 is 40.1 Å². The zero-order valence-corrected chi connectivity index (χ0v) is 23.5. The van der Waals surface area contributed by atoms with Gasteiger partial charge in [0, 0.05) is 83.6 Å². The van der Waals surface area contributed by atoms with Crippen LogP contribution in [0.1, 0.15) is 38.2 Å². The first-order chi connectivity index (χ1) is 19.3. The molecule has 15 nitrogen and oxygen atoms in total. The summed E-state index contributed by atoms with van der Waals surface area (Å²) in [5.74, 6) is -5.26. The zero-order valence-electron chi connectivity index (χ0n) is 23.5. The maximum atomic E-state index is 12.2. The minimum atomic E-state index is -1.36. The van der Waals surface area contributed by atoms with Gasteiger partial charge in [0.15, 0.2) is 0 Å². The summed E-state index contributed by atoms with van der Waals surface area (Å²) in [4.78, 5) is 76.1. The molecule has 0 amide bonds. The van der Waals surface area contributed by atoms with Gasteiger partial charge in [-0.2, -0.15) is 0 Å². The lowest BCUT2D eigenvalue weighted by molar-refractivity contribution is -0.313. The molecule has 1 fully saturated rings. The van der Waals surface area contributed by atoms with Crippen LogP contribution in [0.5, 0.6) is 0 Å². The fraction of sp³-hybridized carbons (Fsp3) is 0.692. The number of anilines is 1. The van der Waals surface area contributed by atoms with E-state index < -0.39 is 53.9 Å². The highest BCUT2D eigenvalue weighted by Gasteiger charge is 2.25. The maximum Gasteiger partial charge on any atom is 0.317 e. The molecule has 0 aliphatic carbocycles. The topological polar surface area (TPSA) is 217 Å². The second kappa shape index (κ2) is 16.1. The smallest absolute Gasteiger partial charge is 0.317 e. The number of aliphatic carboxylic acids is 4. The van der Waals surface area contributed by atoms with Gasteiger partial charge in [0.05, 0.1) is 30.1 Å². The Morgan fingerprint density at radius 3 is 1.66 bits per heavy atom. The van der Waals surface area contributed by atoms with Gasteiger partial charge in [-0.1, -0.05) is 13.8 Å². The summed E-state index contributed by atoms with van der Waals surface area (Å²) >= 11 is 0. The zero-order chi connectivity index (χ0) is 30.7. The van der Waals surface area contributed by atoms with Gasteiger partial charge in [-0.3, -0.25) is 34.0 Å². The van der Waals surface area contributed by atoms with Crippen LogP contribution in [0.4, 0.5) is 5.69 Å². The molecule has 1 aromatic rings. The van der Waals surface area contributed by atoms with Gasteiger partial charge in [-0.15, -0.1) is 0 Å². The highest BCUT2D eigenvalue weighted by Crippen LogP contribution is 2.19. The molecule has 1 atom stereocenters. The third-order valence-corrected chi connectivity index (χ3v) is 7.13. The van der Waals surface area contributed by atoms with E-state index in [4.69, 9.17) is 0 Å². The largest absolute Gasteiger partial charge is 0.549 e. The number of carbonyl (C=O) groups is 4. The van der Waals surface area contributed by atoms with E-state index in [-0.39, 0.29) is 83.5 Å². The predicted molar refractivity (Wildman–Crippen MR) is 141 cm³/mol. The van der Waals surface area contributed by atoms with Crippen LogP contribution in [-0.2, 0) is 19.2 Å².